The predicted molar refractivity (Wildman–Crippen MR) is 138 cm³/mol. The van der Waals surface area contributed by atoms with Crippen molar-refractivity contribution >= 4 is 29.3 Å². The number of methoxy groups -OCH3 is 1. The van der Waals surface area contributed by atoms with Gasteiger partial charge in [-0.3, -0.25) is 9.59 Å². The van der Waals surface area contributed by atoms with Gasteiger partial charge in [0, 0.05) is 48.0 Å². The molecule has 0 atom stereocenters. The molecule has 1 aliphatic heterocycles. The Labute approximate surface area is 216 Å². The predicted octanol–water partition coefficient (Wildman–Crippen LogP) is 4.61. The smallest absolute Gasteiger partial charge is 0.410 e. The van der Waals surface area contributed by atoms with Crippen molar-refractivity contribution in [1.29, 1.82) is 0 Å². The molecule has 0 spiro atoms. The minimum absolute atomic E-state index is 0.0610. The molecule has 1 aliphatic carbocycles. The molecular weight excluding hydrogens is 478 g/mol. The zero-order valence-corrected chi connectivity index (χ0v) is 22.3. The number of hydrogen-bond donors (Lipinski definition) is 1. The summed E-state index contributed by atoms with van der Waals surface area (Å²) in [4.78, 5) is 44.9. The van der Waals surface area contributed by atoms with E-state index in [0.29, 0.717) is 25.1 Å². The summed E-state index contributed by atoms with van der Waals surface area (Å²) >= 11 is 1.62. The Kier molecular flexibility index (Phi) is 7.97. The van der Waals surface area contributed by atoms with E-state index in [1.54, 1.807) is 16.2 Å². The second-order valence-corrected chi connectivity index (χ2v) is 11.6. The summed E-state index contributed by atoms with van der Waals surface area (Å²) in [5, 5.41) is 4.01. The number of esters is 1. The maximum absolute atomic E-state index is 12.9. The second-order valence-electron chi connectivity index (χ2n) is 10.5. The molecule has 1 aromatic heterocycles. The first-order valence-electron chi connectivity index (χ1n) is 12.6. The van der Waals surface area contributed by atoms with E-state index in [-0.39, 0.29) is 29.9 Å². The number of thiazole rings is 1. The van der Waals surface area contributed by atoms with Crippen LogP contribution in [0.2, 0.25) is 0 Å². The molecule has 2 aliphatic rings. The average molecular weight is 514 g/mol. The fourth-order valence-electron chi connectivity index (χ4n) is 4.70. The summed E-state index contributed by atoms with van der Waals surface area (Å²) < 4.78 is 10.4. The van der Waals surface area contributed by atoms with E-state index >= 15 is 0 Å². The lowest BCUT2D eigenvalue weighted by atomic mass is 9.86. The molecule has 4 rings (SSSR count). The molecule has 0 saturated heterocycles. The van der Waals surface area contributed by atoms with E-state index in [1.807, 2.05) is 45.0 Å². The molecule has 2 amide bonds. The highest BCUT2D eigenvalue weighted by Gasteiger charge is 2.28. The molecule has 194 valence electrons. The van der Waals surface area contributed by atoms with Crippen LogP contribution in [0.4, 0.5) is 4.79 Å². The van der Waals surface area contributed by atoms with Crippen molar-refractivity contribution in [2.45, 2.75) is 70.9 Å². The van der Waals surface area contributed by atoms with Crippen LogP contribution in [0.25, 0.3) is 10.6 Å². The van der Waals surface area contributed by atoms with Crippen molar-refractivity contribution in [1.82, 2.24) is 15.2 Å². The molecule has 0 radical (unpaired) electrons. The number of rotatable bonds is 4. The summed E-state index contributed by atoms with van der Waals surface area (Å²) in [6.45, 7) is 6.79. The molecule has 1 N–H and O–H groups in total. The lowest BCUT2D eigenvalue weighted by molar-refractivity contribution is -0.146. The number of ether oxygens (including phenoxy) is 2. The fourth-order valence-corrected chi connectivity index (χ4v) is 5.79. The van der Waals surface area contributed by atoms with Gasteiger partial charge in [0.25, 0.3) is 5.91 Å². The minimum atomic E-state index is -0.514. The third kappa shape index (κ3) is 6.43. The Morgan fingerprint density at radius 2 is 1.81 bits per heavy atom. The average Bonchev–Trinajstić information content (AvgIpc) is 3.15. The third-order valence-electron chi connectivity index (χ3n) is 6.63. The van der Waals surface area contributed by atoms with Crippen LogP contribution in [0.3, 0.4) is 0 Å². The number of nitrogens with one attached hydrogen (secondary N) is 1. The van der Waals surface area contributed by atoms with Gasteiger partial charge in [-0.05, 0) is 58.6 Å². The number of nitrogens with zero attached hydrogens (tertiary/aromatic N) is 2. The van der Waals surface area contributed by atoms with Crippen LogP contribution in [-0.4, -0.2) is 59.7 Å². The van der Waals surface area contributed by atoms with Gasteiger partial charge in [0.1, 0.15) is 10.6 Å². The van der Waals surface area contributed by atoms with E-state index in [2.05, 4.69) is 5.32 Å². The van der Waals surface area contributed by atoms with Gasteiger partial charge in [-0.1, -0.05) is 12.1 Å². The molecule has 1 saturated carbocycles. The van der Waals surface area contributed by atoms with Crippen molar-refractivity contribution in [3.05, 3.63) is 40.4 Å². The van der Waals surface area contributed by atoms with E-state index in [1.165, 1.54) is 12.0 Å². The maximum atomic E-state index is 12.9. The summed E-state index contributed by atoms with van der Waals surface area (Å²) in [7, 11) is 1.42. The SMILES string of the molecule is COC(=O)C1CCC(NC(=O)c2cccc(-c3nc4c(s3)CCN(C(=O)OC(C)(C)C)CC4)c2)CC1. The normalized spacial score (nSPS) is 20.2. The van der Waals surface area contributed by atoms with Gasteiger partial charge in [0.15, 0.2) is 0 Å². The Bertz CT molecular complexity index is 1090. The van der Waals surface area contributed by atoms with Crippen molar-refractivity contribution in [2.24, 2.45) is 5.92 Å². The van der Waals surface area contributed by atoms with Gasteiger partial charge in [0.2, 0.25) is 0 Å². The number of carbonyl (C=O) groups is 3. The van der Waals surface area contributed by atoms with Crippen molar-refractivity contribution in [3.63, 3.8) is 0 Å². The second kappa shape index (κ2) is 11.0. The largest absolute Gasteiger partial charge is 0.469 e. The number of benzene rings is 1. The summed E-state index contributed by atoms with van der Waals surface area (Å²) in [6, 6.07) is 7.63. The highest BCUT2D eigenvalue weighted by molar-refractivity contribution is 7.15. The number of aromatic nitrogens is 1. The molecular formula is C27H35N3O5S. The molecule has 0 unspecified atom stereocenters. The van der Waals surface area contributed by atoms with Crippen LogP contribution in [0.15, 0.2) is 24.3 Å². The van der Waals surface area contributed by atoms with E-state index in [4.69, 9.17) is 14.5 Å². The molecule has 1 aromatic carbocycles. The standard InChI is InChI=1S/C27H35N3O5S/c1-27(2,3)35-26(33)30-14-12-21-22(13-15-30)36-24(29-21)19-7-5-6-18(16-19)23(31)28-20-10-8-17(9-11-20)25(32)34-4/h5-7,16-17,20H,8-15H2,1-4H3,(H,28,31). The highest BCUT2D eigenvalue weighted by atomic mass is 32.1. The molecule has 8 nitrogen and oxygen atoms in total. The highest BCUT2D eigenvalue weighted by Crippen LogP contribution is 2.31. The molecule has 2 heterocycles. The van der Waals surface area contributed by atoms with Crippen LogP contribution in [0, 0.1) is 5.92 Å². The van der Waals surface area contributed by atoms with Crippen LogP contribution in [-0.2, 0) is 27.1 Å². The van der Waals surface area contributed by atoms with Gasteiger partial charge in [-0.15, -0.1) is 11.3 Å². The van der Waals surface area contributed by atoms with Crippen LogP contribution in [0.5, 0.6) is 0 Å². The first-order valence-corrected chi connectivity index (χ1v) is 13.4. The number of amides is 2. The summed E-state index contributed by atoms with van der Waals surface area (Å²) in [5.41, 5.74) is 2.01. The Morgan fingerprint density at radius 3 is 2.50 bits per heavy atom. The van der Waals surface area contributed by atoms with Gasteiger partial charge in [-0.25, -0.2) is 9.78 Å². The van der Waals surface area contributed by atoms with Gasteiger partial charge in [0.05, 0.1) is 18.7 Å². The van der Waals surface area contributed by atoms with Crippen molar-refractivity contribution in [3.8, 4) is 10.6 Å². The first-order chi connectivity index (χ1) is 17.1. The number of hydrogen-bond acceptors (Lipinski definition) is 7. The Hall–Kier alpha value is -2.94. The summed E-state index contributed by atoms with van der Waals surface area (Å²) in [5.74, 6) is -0.334. The summed E-state index contributed by atoms with van der Waals surface area (Å²) in [6.07, 6.45) is 4.13. The monoisotopic (exact) mass is 513 g/mol. The van der Waals surface area contributed by atoms with E-state index < -0.39 is 5.60 Å². The topological polar surface area (TPSA) is 97.8 Å². The van der Waals surface area contributed by atoms with E-state index in [0.717, 1.165) is 48.4 Å². The van der Waals surface area contributed by atoms with Gasteiger partial charge < -0.3 is 19.7 Å². The molecule has 2 aromatic rings. The van der Waals surface area contributed by atoms with Gasteiger partial charge >= 0.3 is 12.1 Å². The zero-order valence-electron chi connectivity index (χ0n) is 21.5. The third-order valence-corrected chi connectivity index (χ3v) is 7.83. The quantitative estimate of drug-likeness (QED) is 0.600. The van der Waals surface area contributed by atoms with Crippen LogP contribution >= 0.6 is 11.3 Å². The Morgan fingerprint density at radius 1 is 1.08 bits per heavy atom. The Balaban J connectivity index is 1.37. The molecule has 36 heavy (non-hydrogen) atoms. The van der Waals surface area contributed by atoms with Gasteiger partial charge in [-0.2, -0.15) is 0 Å². The number of carbonyl (C=O) groups excluding carboxylic acids is 3. The minimum Gasteiger partial charge on any atom is -0.469 e. The first kappa shape index (κ1) is 26.1. The molecule has 1 fully saturated rings. The van der Waals surface area contributed by atoms with Crippen molar-refractivity contribution in [2.75, 3.05) is 20.2 Å². The zero-order chi connectivity index (χ0) is 25.9. The lowest BCUT2D eigenvalue weighted by Gasteiger charge is -2.27. The molecule has 0 bridgehead atoms. The van der Waals surface area contributed by atoms with Crippen LogP contribution < -0.4 is 5.32 Å². The van der Waals surface area contributed by atoms with Crippen molar-refractivity contribution < 1.29 is 23.9 Å². The fraction of sp³-hybridized carbons (Fsp3) is 0.556. The molecule has 9 heteroatoms. The lowest BCUT2D eigenvalue weighted by Crippen LogP contribution is -2.38. The van der Waals surface area contributed by atoms with E-state index in [9.17, 15) is 14.4 Å². The maximum Gasteiger partial charge on any atom is 0.410 e. The van der Waals surface area contributed by atoms with Crippen LogP contribution in [0.1, 0.15) is 67.4 Å². The number of fused-ring (bicyclic) bond motifs is 1.